The van der Waals surface area contributed by atoms with Gasteiger partial charge in [-0.3, -0.25) is 9.29 Å². The third-order valence-corrected chi connectivity index (χ3v) is 5.81. The van der Waals surface area contributed by atoms with Crippen LogP contribution in [-0.4, -0.2) is 57.9 Å². The fraction of sp³-hybridized carbons (Fsp3) is 0.739. The molecule has 0 bridgehead atoms. The lowest BCUT2D eigenvalue weighted by Gasteiger charge is -2.38. The van der Waals surface area contributed by atoms with Crippen LogP contribution in [0, 0.1) is 5.92 Å². The van der Waals surface area contributed by atoms with E-state index in [-0.39, 0.29) is 12.6 Å². The van der Waals surface area contributed by atoms with E-state index in [1.165, 1.54) is 11.1 Å². The van der Waals surface area contributed by atoms with Crippen LogP contribution in [0.4, 0.5) is 4.39 Å². The van der Waals surface area contributed by atoms with E-state index in [1.54, 1.807) is 14.2 Å². The predicted octanol–water partition coefficient (Wildman–Crippen LogP) is 4.61. The Labute approximate surface area is 175 Å². The Morgan fingerprint density at radius 1 is 1.07 bits per heavy atom. The molecule has 1 fully saturated rings. The fourth-order valence-electron chi connectivity index (χ4n) is 4.18. The van der Waals surface area contributed by atoms with E-state index in [0.29, 0.717) is 19.6 Å². The third kappa shape index (κ3) is 6.06. The first-order valence-electron chi connectivity index (χ1n) is 10.9. The standard InChI is InChI=1S/C21H32FNO4.C2H6/c1-21(26-10-11-27-21)18(6-4-5-8-22)15-23-9-7-16-12-19(24-2)20(25-3)13-17(16)14-23;1-2/h12-13,18H,4-11,14-15H2,1-3H3;1-2H3. The summed E-state index contributed by atoms with van der Waals surface area (Å²) in [6.07, 6.45) is 3.35. The summed E-state index contributed by atoms with van der Waals surface area (Å²) in [5.41, 5.74) is 2.59. The van der Waals surface area contributed by atoms with Gasteiger partial charge in [-0.25, -0.2) is 0 Å². The Hall–Kier alpha value is -1.37. The molecule has 0 spiro atoms. The lowest BCUT2D eigenvalue weighted by molar-refractivity contribution is -0.187. The van der Waals surface area contributed by atoms with Crippen LogP contribution in [0.3, 0.4) is 0 Å². The number of alkyl halides is 1. The monoisotopic (exact) mass is 411 g/mol. The second kappa shape index (κ2) is 11.7. The number of halogens is 1. The van der Waals surface area contributed by atoms with Crippen LogP contribution in [0.15, 0.2) is 12.1 Å². The van der Waals surface area contributed by atoms with E-state index < -0.39 is 5.79 Å². The van der Waals surface area contributed by atoms with Gasteiger partial charge in [0, 0.05) is 25.6 Å². The lowest BCUT2D eigenvalue weighted by Crippen LogP contribution is -2.44. The molecule has 0 radical (unpaired) electrons. The fourth-order valence-corrected chi connectivity index (χ4v) is 4.18. The summed E-state index contributed by atoms with van der Waals surface area (Å²) in [6.45, 7) is 9.78. The summed E-state index contributed by atoms with van der Waals surface area (Å²) in [7, 11) is 3.34. The zero-order valence-corrected chi connectivity index (χ0v) is 18.8. The van der Waals surface area contributed by atoms with Crippen molar-refractivity contribution in [3.05, 3.63) is 23.3 Å². The second-order valence-corrected chi connectivity index (χ2v) is 7.56. The van der Waals surface area contributed by atoms with Gasteiger partial charge in [0.25, 0.3) is 0 Å². The maximum absolute atomic E-state index is 12.6. The quantitative estimate of drug-likeness (QED) is 0.555. The molecule has 1 aromatic carbocycles. The van der Waals surface area contributed by atoms with Gasteiger partial charge in [-0.2, -0.15) is 0 Å². The van der Waals surface area contributed by atoms with Gasteiger partial charge in [-0.15, -0.1) is 0 Å². The van der Waals surface area contributed by atoms with Gasteiger partial charge in [0.15, 0.2) is 17.3 Å². The van der Waals surface area contributed by atoms with Crippen molar-refractivity contribution in [3.8, 4) is 11.5 Å². The van der Waals surface area contributed by atoms with Crippen LogP contribution in [0.1, 0.15) is 51.2 Å². The molecule has 29 heavy (non-hydrogen) atoms. The maximum atomic E-state index is 12.6. The van der Waals surface area contributed by atoms with Crippen molar-refractivity contribution in [1.29, 1.82) is 0 Å². The minimum Gasteiger partial charge on any atom is -0.493 e. The van der Waals surface area contributed by atoms with Crippen molar-refractivity contribution < 1.29 is 23.3 Å². The zero-order chi connectivity index (χ0) is 21.3. The van der Waals surface area contributed by atoms with Crippen LogP contribution >= 0.6 is 0 Å². The summed E-state index contributed by atoms with van der Waals surface area (Å²) < 4.78 is 35.3. The molecule has 1 aromatic rings. The number of methoxy groups -OCH3 is 2. The van der Waals surface area contributed by atoms with Gasteiger partial charge < -0.3 is 18.9 Å². The number of hydrogen-bond acceptors (Lipinski definition) is 5. The molecule has 3 rings (SSSR count). The second-order valence-electron chi connectivity index (χ2n) is 7.56. The number of rotatable bonds is 9. The summed E-state index contributed by atoms with van der Waals surface area (Å²) >= 11 is 0. The first-order chi connectivity index (χ1) is 14.1. The topological polar surface area (TPSA) is 40.2 Å². The SMILES string of the molecule is CC.COc1cc2c(cc1OC)CN(CC(CCCCF)C1(C)OCCO1)CC2. The molecule has 5 nitrogen and oxygen atoms in total. The molecule has 0 aromatic heterocycles. The largest absolute Gasteiger partial charge is 0.493 e. The van der Waals surface area contributed by atoms with E-state index in [9.17, 15) is 4.39 Å². The molecule has 2 aliphatic heterocycles. The third-order valence-electron chi connectivity index (χ3n) is 5.81. The van der Waals surface area contributed by atoms with E-state index in [2.05, 4.69) is 17.0 Å². The Morgan fingerprint density at radius 2 is 1.69 bits per heavy atom. The Kier molecular flexibility index (Phi) is 9.66. The van der Waals surface area contributed by atoms with E-state index in [4.69, 9.17) is 18.9 Å². The molecule has 1 atom stereocenters. The van der Waals surface area contributed by atoms with Crippen molar-refractivity contribution in [2.75, 3.05) is 47.2 Å². The maximum Gasteiger partial charge on any atom is 0.169 e. The van der Waals surface area contributed by atoms with Crippen molar-refractivity contribution in [2.24, 2.45) is 5.92 Å². The molecule has 6 heteroatoms. The van der Waals surface area contributed by atoms with Gasteiger partial charge in [-0.1, -0.05) is 20.3 Å². The number of unbranched alkanes of at least 4 members (excludes halogenated alkanes) is 1. The highest BCUT2D eigenvalue weighted by Gasteiger charge is 2.40. The molecule has 166 valence electrons. The van der Waals surface area contributed by atoms with Crippen LogP contribution in [-0.2, 0) is 22.4 Å². The van der Waals surface area contributed by atoms with Crippen molar-refractivity contribution >= 4 is 0 Å². The minimum atomic E-state index is -0.561. The zero-order valence-electron chi connectivity index (χ0n) is 18.8. The number of benzene rings is 1. The highest BCUT2D eigenvalue weighted by Crippen LogP contribution is 2.36. The Balaban J connectivity index is 0.00000145. The van der Waals surface area contributed by atoms with Crippen molar-refractivity contribution in [3.63, 3.8) is 0 Å². The van der Waals surface area contributed by atoms with Gasteiger partial charge in [0.2, 0.25) is 0 Å². The first-order valence-corrected chi connectivity index (χ1v) is 10.9. The minimum absolute atomic E-state index is 0.230. The molecule has 0 amide bonds. The van der Waals surface area contributed by atoms with Crippen molar-refractivity contribution in [1.82, 2.24) is 4.90 Å². The highest BCUT2D eigenvalue weighted by atomic mass is 19.1. The molecule has 2 heterocycles. The normalized spacial score (nSPS) is 19.1. The number of hydrogen-bond donors (Lipinski definition) is 0. The van der Waals surface area contributed by atoms with E-state index in [0.717, 1.165) is 50.4 Å². The molecule has 1 saturated heterocycles. The van der Waals surface area contributed by atoms with Gasteiger partial charge in [0.05, 0.1) is 34.1 Å². The molecular formula is C23H38FNO4. The highest BCUT2D eigenvalue weighted by molar-refractivity contribution is 5.48. The molecule has 0 N–H and O–H groups in total. The van der Waals surface area contributed by atoms with Crippen LogP contribution in [0.5, 0.6) is 11.5 Å². The molecule has 2 aliphatic rings. The summed E-state index contributed by atoms with van der Waals surface area (Å²) in [5.74, 6) is 1.23. The number of nitrogens with zero attached hydrogens (tertiary/aromatic N) is 1. The Bertz CT molecular complexity index is 619. The van der Waals surface area contributed by atoms with E-state index in [1.807, 2.05) is 20.8 Å². The molecule has 0 saturated carbocycles. The summed E-state index contributed by atoms with van der Waals surface area (Å²) in [5, 5.41) is 0. The van der Waals surface area contributed by atoms with Gasteiger partial charge >= 0.3 is 0 Å². The summed E-state index contributed by atoms with van der Waals surface area (Å²) in [4.78, 5) is 2.45. The molecular weight excluding hydrogens is 373 g/mol. The number of ether oxygens (including phenoxy) is 4. The average molecular weight is 412 g/mol. The lowest BCUT2D eigenvalue weighted by atomic mass is 9.91. The van der Waals surface area contributed by atoms with Gasteiger partial charge in [0.1, 0.15) is 0 Å². The summed E-state index contributed by atoms with van der Waals surface area (Å²) in [6, 6.07) is 4.18. The van der Waals surface area contributed by atoms with Gasteiger partial charge in [-0.05, 0) is 49.4 Å². The first kappa shape index (κ1) is 23.9. The average Bonchev–Trinajstić information content (AvgIpc) is 3.21. The van der Waals surface area contributed by atoms with Crippen LogP contribution < -0.4 is 9.47 Å². The molecule has 0 aliphatic carbocycles. The predicted molar refractivity (Wildman–Crippen MR) is 114 cm³/mol. The Morgan fingerprint density at radius 3 is 2.28 bits per heavy atom. The smallest absolute Gasteiger partial charge is 0.169 e. The molecule has 1 unspecified atom stereocenters. The van der Waals surface area contributed by atoms with Crippen LogP contribution in [0.25, 0.3) is 0 Å². The van der Waals surface area contributed by atoms with Crippen molar-refractivity contribution in [2.45, 2.75) is 58.8 Å². The van der Waals surface area contributed by atoms with Crippen LogP contribution in [0.2, 0.25) is 0 Å². The number of fused-ring (bicyclic) bond motifs is 1. The van der Waals surface area contributed by atoms with E-state index >= 15 is 0 Å².